The van der Waals surface area contributed by atoms with Crippen LogP contribution >= 0.6 is 0 Å². The molecule has 2 rings (SSSR count). The van der Waals surface area contributed by atoms with E-state index in [0.717, 1.165) is 12.8 Å². The monoisotopic (exact) mass is 260 g/mol. The molecule has 0 saturated heterocycles. The molecule has 6 heteroatoms. The van der Waals surface area contributed by atoms with Gasteiger partial charge in [-0.3, -0.25) is 4.79 Å². The molecule has 0 saturated carbocycles. The first-order chi connectivity index (χ1) is 9.24. The first-order valence-electron chi connectivity index (χ1n) is 6.16. The number of nitrogens with two attached hydrogens (primary N) is 1. The van der Waals surface area contributed by atoms with Gasteiger partial charge in [-0.25, -0.2) is 0 Å². The Labute approximate surface area is 111 Å². The first-order valence-corrected chi connectivity index (χ1v) is 6.16. The maximum Gasteiger partial charge on any atom is 0.271 e. The lowest BCUT2D eigenvalue weighted by molar-refractivity contribution is 0.0996. The number of aromatic nitrogens is 3. The number of rotatable bonds is 6. The lowest BCUT2D eigenvalue weighted by Gasteiger charge is -2.09. The molecule has 0 aliphatic carbocycles. The van der Waals surface area contributed by atoms with E-state index in [4.69, 9.17) is 10.5 Å². The van der Waals surface area contributed by atoms with Gasteiger partial charge >= 0.3 is 0 Å². The number of nitrogens with zero attached hydrogens (tertiary/aromatic N) is 2. The molecule has 1 amide bonds. The van der Waals surface area contributed by atoms with Crippen molar-refractivity contribution >= 4 is 5.91 Å². The van der Waals surface area contributed by atoms with E-state index < -0.39 is 5.91 Å². The highest BCUT2D eigenvalue weighted by Crippen LogP contribution is 2.29. The highest BCUT2D eigenvalue weighted by molar-refractivity contribution is 5.97. The van der Waals surface area contributed by atoms with E-state index in [9.17, 15) is 4.79 Å². The Kier molecular flexibility index (Phi) is 4.12. The average molecular weight is 260 g/mol. The lowest BCUT2D eigenvalue weighted by atomic mass is 10.1. The molecule has 19 heavy (non-hydrogen) atoms. The minimum atomic E-state index is -0.618. The summed E-state index contributed by atoms with van der Waals surface area (Å²) in [5.41, 5.74) is 6.51. The van der Waals surface area contributed by atoms with Gasteiger partial charge in [-0.05, 0) is 18.6 Å². The van der Waals surface area contributed by atoms with Crippen molar-refractivity contribution in [3.05, 3.63) is 30.0 Å². The van der Waals surface area contributed by atoms with E-state index in [2.05, 4.69) is 22.3 Å². The highest BCUT2D eigenvalue weighted by Gasteiger charge is 2.18. The third-order valence-corrected chi connectivity index (χ3v) is 2.68. The van der Waals surface area contributed by atoms with Gasteiger partial charge in [-0.1, -0.05) is 25.5 Å². The van der Waals surface area contributed by atoms with Crippen LogP contribution in [0, 0.1) is 0 Å². The summed E-state index contributed by atoms with van der Waals surface area (Å²) in [5.74, 6) is 0.0551. The van der Waals surface area contributed by atoms with E-state index in [1.807, 2.05) is 24.3 Å². The van der Waals surface area contributed by atoms with Crippen LogP contribution in [0.2, 0.25) is 0 Å². The van der Waals surface area contributed by atoms with E-state index in [1.165, 1.54) is 0 Å². The molecule has 0 unspecified atom stereocenters. The predicted octanol–water partition coefficient (Wildman–Crippen LogP) is 1.75. The van der Waals surface area contributed by atoms with Crippen LogP contribution in [-0.4, -0.2) is 27.9 Å². The van der Waals surface area contributed by atoms with Crippen LogP contribution in [0.25, 0.3) is 11.3 Å². The third-order valence-electron chi connectivity index (χ3n) is 2.68. The van der Waals surface area contributed by atoms with Crippen molar-refractivity contribution in [1.82, 2.24) is 15.4 Å². The van der Waals surface area contributed by atoms with E-state index in [0.29, 0.717) is 23.6 Å². The van der Waals surface area contributed by atoms with Gasteiger partial charge in [-0.15, -0.1) is 0 Å². The van der Waals surface area contributed by atoms with Gasteiger partial charge in [0, 0.05) is 5.56 Å². The normalized spacial score (nSPS) is 10.4. The molecule has 0 spiro atoms. The van der Waals surface area contributed by atoms with Gasteiger partial charge < -0.3 is 10.5 Å². The largest absolute Gasteiger partial charge is 0.493 e. The molecule has 1 aromatic heterocycles. The minimum absolute atomic E-state index is 0.117. The number of ether oxygens (including phenoxy) is 1. The van der Waals surface area contributed by atoms with E-state index >= 15 is 0 Å². The average Bonchev–Trinajstić information content (AvgIpc) is 2.89. The highest BCUT2D eigenvalue weighted by atomic mass is 16.5. The molecule has 1 aromatic carbocycles. The third kappa shape index (κ3) is 2.90. The molecule has 0 aliphatic heterocycles. The Balaban J connectivity index is 2.33. The summed E-state index contributed by atoms with van der Waals surface area (Å²) in [6, 6.07) is 7.38. The Morgan fingerprint density at radius 2 is 2.16 bits per heavy atom. The molecule has 6 nitrogen and oxygen atoms in total. The second kappa shape index (κ2) is 5.99. The van der Waals surface area contributed by atoms with Crippen LogP contribution in [-0.2, 0) is 0 Å². The van der Waals surface area contributed by atoms with Crippen molar-refractivity contribution in [2.75, 3.05) is 6.61 Å². The van der Waals surface area contributed by atoms with Gasteiger partial charge in [0.05, 0.1) is 6.61 Å². The number of carbonyl (C=O) groups is 1. The number of amides is 1. The quantitative estimate of drug-likeness (QED) is 0.774. The Bertz CT molecular complexity index is 565. The predicted molar refractivity (Wildman–Crippen MR) is 70.7 cm³/mol. The summed E-state index contributed by atoms with van der Waals surface area (Å²) in [4.78, 5) is 11.3. The minimum Gasteiger partial charge on any atom is -0.493 e. The molecule has 0 radical (unpaired) electrons. The topological polar surface area (TPSA) is 93.9 Å². The number of aromatic amines is 1. The standard InChI is InChI=1S/C13H16N4O2/c1-2-3-8-19-10-7-5-4-6-9(10)11-12(13(14)18)16-17-15-11/h4-7H,2-3,8H2,1H3,(H2,14,18)(H,15,16,17). The van der Waals surface area contributed by atoms with Gasteiger partial charge in [0.1, 0.15) is 11.4 Å². The van der Waals surface area contributed by atoms with Gasteiger partial charge in [-0.2, -0.15) is 15.4 Å². The molecule has 2 aromatic rings. The van der Waals surface area contributed by atoms with Crippen molar-refractivity contribution in [2.24, 2.45) is 5.73 Å². The molecule has 100 valence electrons. The summed E-state index contributed by atoms with van der Waals surface area (Å²) >= 11 is 0. The number of hydrogen-bond acceptors (Lipinski definition) is 4. The van der Waals surface area contributed by atoms with Crippen LogP contribution in [0.4, 0.5) is 0 Å². The number of hydrogen-bond donors (Lipinski definition) is 2. The Morgan fingerprint density at radius 1 is 1.37 bits per heavy atom. The van der Waals surface area contributed by atoms with Crippen molar-refractivity contribution in [3.8, 4) is 17.0 Å². The smallest absolute Gasteiger partial charge is 0.271 e. The van der Waals surface area contributed by atoms with Crippen molar-refractivity contribution in [3.63, 3.8) is 0 Å². The molecular weight excluding hydrogens is 244 g/mol. The molecule has 3 N–H and O–H groups in total. The Morgan fingerprint density at radius 3 is 2.89 bits per heavy atom. The number of para-hydroxylation sites is 1. The lowest BCUT2D eigenvalue weighted by Crippen LogP contribution is -2.13. The van der Waals surface area contributed by atoms with Crippen LogP contribution < -0.4 is 10.5 Å². The fourth-order valence-corrected chi connectivity index (χ4v) is 1.71. The first kappa shape index (κ1) is 13.1. The second-order valence-corrected chi connectivity index (χ2v) is 4.08. The molecule has 1 heterocycles. The molecule has 0 fully saturated rings. The van der Waals surface area contributed by atoms with Crippen LogP contribution in [0.5, 0.6) is 5.75 Å². The fourth-order valence-electron chi connectivity index (χ4n) is 1.71. The zero-order valence-corrected chi connectivity index (χ0v) is 10.7. The second-order valence-electron chi connectivity index (χ2n) is 4.08. The van der Waals surface area contributed by atoms with Crippen molar-refractivity contribution < 1.29 is 9.53 Å². The SMILES string of the molecule is CCCCOc1ccccc1-c1n[nH]nc1C(N)=O. The summed E-state index contributed by atoms with van der Waals surface area (Å²) in [6.45, 7) is 2.72. The zero-order chi connectivity index (χ0) is 13.7. The summed E-state index contributed by atoms with van der Waals surface area (Å²) in [7, 11) is 0. The van der Waals surface area contributed by atoms with E-state index in [-0.39, 0.29) is 5.69 Å². The summed E-state index contributed by atoms with van der Waals surface area (Å²) in [5, 5.41) is 10.2. The van der Waals surface area contributed by atoms with Crippen LogP contribution in [0.3, 0.4) is 0 Å². The van der Waals surface area contributed by atoms with Gasteiger partial charge in [0.25, 0.3) is 5.91 Å². The van der Waals surface area contributed by atoms with Crippen LogP contribution in [0.1, 0.15) is 30.3 Å². The number of primary amides is 1. The molecular formula is C13H16N4O2. The maximum absolute atomic E-state index is 11.3. The number of carbonyl (C=O) groups excluding carboxylic acids is 1. The number of unbranched alkanes of at least 4 members (excludes halogenated alkanes) is 1. The molecule has 0 aliphatic rings. The van der Waals surface area contributed by atoms with Gasteiger partial charge in [0.2, 0.25) is 0 Å². The fraction of sp³-hybridized carbons (Fsp3) is 0.308. The van der Waals surface area contributed by atoms with Crippen molar-refractivity contribution in [1.29, 1.82) is 0 Å². The van der Waals surface area contributed by atoms with Crippen molar-refractivity contribution in [2.45, 2.75) is 19.8 Å². The van der Waals surface area contributed by atoms with E-state index in [1.54, 1.807) is 0 Å². The maximum atomic E-state index is 11.3. The van der Waals surface area contributed by atoms with Crippen LogP contribution in [0.15, 0.2) is 24.3 Å². The summed E-state index contributed by atoms with van der Waals surface area (Å²) in [6.07, 6.45) is 2.02. The molecule has 0 bridgehead atoms. The summed E-state index contributed by atoms with van der Waals surface area (Å²) < 4.78 is 5.70. The number of benzene rings is 1. The Hall–Kier alpha value is -2.37. The number of H-pyrrole nitrogens is 1. The molecule has 0 atom stereocenters. The number of nitrogens with one attached hydrogen (secondary N) is 1. The van der Waals surface area contributed by atoms with Gasteiger partial charge in [0.15, 0.2) is 5.69 Å². The zero-order valence-electron chi connectivity index (χ0n) is 10.7.